The van der Waals surface area contributed by atoms with Gasteiger partial charge in [-0.3, -0.25) is 14.9 Å². The second-order valence-corrected chi connectivity index (χ2v) is 9.89. The van der Waals surface area contributed by atoms with Crippen LogP contribution < -0.4 is 24.4 Å². The number of anilines is 1. The molecule has 1 N–H and O–H groups in total. The molecule has 0 aliphatic carbocycles. The van der Waals surface area contributed by atoms with Crippen molar-refractivity contribution in [1.29, 1.82) is 0 Å². The zero-order chi connectivity index (χ0) is 28.8. The fourth-order valence-electron chi connectivity index (χ4n) is 4.18. The second kappa shape index (κ2) is 12.5. The summed E-state index contributed by atoms with van der Waals surface area (Å²) >= 11 is 3.50. The fraction of sp³-hybridized carbons (Fsp3) is 0.0938. The Hall–Kier alpha value is -4.89. The molecule has 0 spiro atoms. The molecule has 4 amide bonds. The summed E-state index contributed by atoms with van der Waals surface area (Å²) in [5, 5.41) is 2.24. The molecule has 1 aliphatic rings. The van der Waals surface area contributed by atoms with Crippen molar-refractivity contribution in [2.45, 2.75) is 13.2 Å². The number of hydrogen-bond donors (Lipinski definition) is 1. The van der Waals surface area contributed by atoms with E-state index in [1.807, 2.05) is 60.7 Å². The minimum absolute atomic E-state index is 0.207. The Labute approximate surface area is 245 Å². The number of amides is 4. The van der Waals surface area contributed by atoms with Gasteiger partial charge in [0.15, 0.2) is 11.5 Å². The van der Waals surface area contributed by atoms with Crippen molar-refractivity contribution in [3.8, 4) is 17.2 Å². The number of nitrogens with zero attached hydrogens (tertiary/aromatic N) is 1. The molecule has 41 heavy (non-hydrogen) atoms. The lowest BCUT2D eigenvalue weighted by Gasteiger charge is -2.26. The minimum atomic E-state index is -0.835. The van der Waals surface area contributed by atoms with Gasteiger partial charge in [0.2, 0.25) is 0 Å². The molecule has 0 atom stereocenters. The summed E-state index contributed by atoms with van der Waals surface area (Å²) < 4.78 is 17.9. The van der Waals surface area contributed by atoms with Gasteiger partial charge in [-0.05, 0) is 75.1 Å². The minimum Gasteiger partial charge on any atom is -0.493 e. The molecule has 1 aliphatic heterocycles. The molecule has 0 saturated carbocycles. The van der Waals surface area contributed by atoms with Crippen molar-refractivity contribution < 1.29 is 28.6 Å². The van der Waals surface area contributed by atoms with Crippen molar-refractivity contribution >= 4 is 45.5 Å². The zero-order valence-corrected chi connectivity index (χ0v) is 23.6. The number of methoxy groups -OCH3 is 1. The van der Waals surface area contributed by atoms with E-state index in [0.717, 1.165) is 16.0 Å². The molecule has 0 aromatic heterocycles. The van der Waals surface area contributed by atoms with Gasteiger partial charge in [0, 0.05) is 0 Å². The van der Waals surface area contributed by atoms with E-state index in [-0.39, 0.29) is 5.57 Å². The van der Waals surface area contributed by atoms with Crippen molar-refractivity contribution in [3.63, 3.8) is 0 Å². The second-order valence-electron chi connectivity index (χ2n) is 9.03. The lowest BCUT2D eigenvalue weighted by atomic mass is 10.1. The van der Waals surface area contributed by atoms with Crippen LogP contribution in [-0.4, -0.2) is 25.0 Å². The van der Waals surface area contributed by atoms with Crippen molar-refractivity contribution in [1.82, 2.24) is 5.32 Å². The van der Waals surface area contributed by atoms with E-state index in [4.69, 9.17) is 14.2 Å². The monoisotopic (exact) mass is 612 g/mol. The van der Waals surface area contributed by atoms with E-state index in [2.05, 4.69) is 21.2 Å². The molecule has 5 rings (SSSR count). The fourth-order valence-corrected chi connectivity index (χ4v) is 4.76. The van der Waals surface area contributed by atoms with Gasteiger partial charge in [-0.15, -0.1) is 0 Å². The van der Waals surface area contributed by atoms with Gasteiger partial charge >= 0.3 is 6.03 Å². The van der Waals surface area contributed by atoms with Gasteiger partial charge in [-0.25, -0.2) is 9.69 Å². The number of carbonyl (C=O) groups is 3. The average Bonchev–Trinajstić information content (AvgIpc) is 2.99. The third-order valence-corrected chi connectivity index (χ3v) is 6.82. The number of ether oxygens (including phenoxy) is 3. The summed E-state index contributed by atoms with van der Waals surface area (Å²) in [6, 6.07) is 28.4. The maximum absolute atomic E-state index is 13.4. The van der Waals surface area contributed by atoms with Gasteiger partial charge < -0.3 is 14.2 Å². The number of urea groups is 1. The van der Waals surface area contributed by atoms with Crippen LogP contribution in [-0.2, 0) is 22.8 Å². The average molecular weight is 613 g/mol. The highest BCUT2D eigenvalue weighted by molar-refractivity contribution is 9.10. The third-order valence-electron chi connectivity index (χ3n) is 6.23. The summed E-state index contributed by atoms with van der Waals surface area (Å²) in [6.07, 6.45) is 1.41. The summed E-state index contributed by atoms with van der Waals surface area (Å²) in [7, 11) is 1.50. The molecule has 9 heteroatoms. The Morgan fingerprint density at radius 3 is 2.02 bits per heavy atom. The van der Waals surface area contributed by atoms with Crippen LogP contribution in [0.15, 0.2) is 107 Å². The normalized spacial score (nSPS) is 14.1. The van der Waals surface area contributed by atoms with Crippen LogP contribution in [0.3, 0.4) is 0 Å². The molecule has 0 bridgehead atoms. The molecule has 8 nitrogen and oxygen atoms in total. The van der Waals surface area contributed by atoms with Crippen LogP contribution in [0.4, 0.5) is 10.5 Å². The van der Waals surface area contributed by atoms with Crippen LogP contribution in [0.5, 0.6) is 17.2 Å². The summed E-state index contributed by atoms with van der Waals surface area (Å²) in [4.78, 5) is 39.7. The third kappa shape index (κ3) is 6.47. The first-order valence-electron chi connectivity index (χ1n) is 12.7. The molecule has 0 unspecified atom stereocenters. The Morgan fingerprint density at radius 2 is 1.41 bits per heavy atom. The van der Waals surface area contributed by atoms with E-state index in [1.54, 1.807) is 36.4 Å². The van der Waals surface area contributed by atoms with Crippen LogP contribution >= 0.6 is 15.9 Å². The topological polar surface area (TPSA) is 94.2 Å². The number of barbiturate groups is 1. The zero-order valence-electron chi connectivity index (χ0n) is 22.0. The standard InChI is InChI=1S/C32H25BrN2O6/c1-39-28-18-23(17-27(33)29(28)41-20-22-10-6-3-7-11-22)16-26-30(36)34-32(38)35(31(26)37)24-12-14-25(15-13-24)40-19-21-8-4-2-5-9-21/h2-18H,19-20H2,1H3,(H,34,36,38)/b26-16+. The molecular weight excluding hydrogens is 588 g/mol. The number of rotatable bonds is 9. The quantitative estimate of drug-likeness (QED) is 0.176. The molecule has 0 radical (unpaired) electrons. The van der Waals surface area contributed by atoms with E-state index in [1.165, 1.54) is 13.2 Å². The molecule has 206 valence electrons. The maximum Gasteiger partial charge on any atom is 0.335 e. The highest BCUT2D eigenvalue weighted by Gasteiger charge is 2.37. The number of nitrogens with one attached hydrogen (secondary N) is 1. The Bertz CT molecular complexity index is 1610. The predicted molar refractivity (Wildman–Crippen MR) is 158 cm³/mol. The van der Waals surface area contributed by atoms with Crippen molar-refractivity contribution in [3.05, 3.63) is 124 Å². The van der Waals surface area contributed by atoms with Gasteiger partial charge in [-0.1, -0.05) is 60.7 Å². The van der Waals surface area contributed by atoms with Crippen LogP contribution in [0, 0.1) is 0 Å². The highest BCUT2D eigenvalue weighted by atomic mass is 79.9. The van der Waals surface area contributed by atoms with E-state index < -0.39 is 17.8 Å². The highest BCUT2D eigenvalue weighted by Crippen LogP contribution is 2.38. The summed E-state index contributed by atoms with van der Waals surface area (Å²) in [5.74, 6) is -0.0928. The molecule has 4 aromatic rings. The number of hydrogen-bond acceptors (Lipinski definition) is 6. The first-order valence-corrected chi connectivity index (χ1v) is 13.4. The molecule has 1 saturated heterocycles. The summed E-state index contributed by atoms with van der Waals surface area (Å²) in [5.41, 5.74) is 2.58. The Kier molecular flexibility index (Phi) is 8.45. The maximum atomic E-state index is 13.4. The Balaban J connectivity index is 1.35. The van der Waals surface area contributed by atoms with Crippen LogP contribution in [0.2, 0.25) is 0 Å². The molecule has 4 aromatic carbocycles. The van der Waals surface area contributed by atoms with E-state index in [0.29, 0.717) is 46.2 Å². The smallest absolute Gasteiger partial charge is 0.335 e. The van der Waals surface area contributed by atoms with Gasteiger partial charge in [-0.2, -0.15) is 0 Å². The SMILES string of the molecule is COc1cc(/C=C2\C(=O)NC(=O)N(c3ccc(OCc4ccccc4)cc3)C2=O)cc(Br)c1OCc1ccccc1. The number of halogens is 1. The first-order chi connectivity index (χ1) is 19.9. The largest absolute Gasteiger partial charge is 0.493 e. The van der Waals surface area contributed by atoms with E-state index >= 15 is 0 Å². The van der Waals surface area contributed by atoms with Gasteiger partial charge in [0.25, 0.3) is 11.8 Å². The van der Waals surface area contributed by atoms with Crippen molar-refractivity contribution in [2.24, 2.45) is 0 Å². The molecular formula is C32H25BrN2O6. The first kappa shape index (κ1) is 27.7. The van der Waals surface area contributed by atoms with Crippen LogP contribution in [0.25, 0.3) is 6.08 Å². The van der Waals surface area contributed by atoms with Gasteiger partial charge in [0.1, 0.15) is 24.5 Å². The number of carbonyl (C=O) groups excluding carboxylic acids is 3. The van der Waals surface area contributed by atoms with Crippen molar-refractivity contribution in [2.75, 3.05) is 12.0 Å². The van der Waals surface area contributed by atoms with E-state index in [9.17, 15) is 14.4 Å². The predicted octanol–water partition coefficient (Wildman–Crippen LogP) is 6.28. The lowest BCUT2D eigenvalue weighted by molar-refractivity contribution is -0.122. The summed E-state index contributed by atoms with van der Waals surface area (Å²) in [6.45, 7) is 0.699. The number of benzene rings is 4. The molecule has 1 fully saturated rings. The van der Waals surface area contributed by atoms with Gasteiger partial charge in [0.05, 0.1) is 17.3 Å². The molecule has 1 heterocycles. The Morgan fingerprint density at radius 1 is 0.805 bits per heavy atom. The number of imide groups is 2. The lowest BCUT2D eigenvalue weighted by Crippen LogP contribution is -2.54. The van der Waals surface area contributed by atoms with Crippen LogP contribution in [0.1, 0.15) is 16.7 Å².